The van der Waals surface area contributed by atoms with Gasteiger partial charge in [0.2, 0.25) is 0 Å². The van der Waals surface area contributed by atoms with Gasteiger partial charge in [-0.1, -0.05) is 0 Å². The van der Waals surface area contributed by atoms with E-state index in [0.717, 1.165) is 6.07 Å². The smallest absolute Gasteiger partial charge is 0.416 e. The Morgan fingerprint density at radius 3 is 2.55 bits per heavy atom. The van der Waals surface area contributed by atoms with Crippen LogP contribution in [0.4, 0.5) is 18.9 Å². The van der Waals surface area contributed by atoms with Crippen molar-refractivity contribution in [2.45, 2.75) is 18.5 Å². The number of nitrogens with two attached hydrogens (primary N) is 1. The molecule has 2 unspecified atom stereocenters. The lowest BCUT2D eigenvalue weighted by atomic mass is 10.0. The lowest BCUT2D eigenvalue weighted by Gasteiger charge is -2.25. The maximum Gasteiger partial charge on any atom is 0.416 e. The number of epoxide rings is 1. The molecule has 122 valence electrons. The second-order valence-electron chi connectivity index (χ2n) is 5.27. The maximum absolute atomic E-state index is 13.2. The molecule has 2 aliphatic rings. The number of hydrogen-bond donors (Lipinski definition) is 1. The van der Waals surface area contributed by atoms with Crippen molar-refractivity contribution in [3.05, 3.63) is 23.3 Å². The van der Waals surface area contributed by atoms with E-state index in [1.165, 1.54) is 13.2 Å². The van der Waals surface area contributed by atoms with E-state index in [4.69, 9.17) is 19.9 Å². The molecule has 2 atom stereocenters. The Hall–Kier alpha value is -1.51. The molecule has 3 rings (SSSR count). The minimum atomic E-state index is -4.49. The molecule has 0 spiro atoms. The van der Waals surface area contributed by atoms with E-state index in [2.05, 4.69) is 0 Å². The number of rotatable bonds is 3. The minimum Gasteiger partial charge on any atom is -0.495 e. The zero-order chi connectivity index (χ0) is 15.9. The van der Waals surface area contributed by atoms with Crippen LogP contribution in [0, 0.1) is 0 Å². The highest BCUT2D eigenvalue weighted by molar-refractivity contribution is 5.58. The van der Waals surface area contributed by atoms with Crippen molar-refractivity contribution in [3.8, 4) is 5.75 Å². The second kappa shape index (κ2) is 5.60. The summed E-state index contributed by atoms with van der Waals surface area (Å²) in [5, 5.41) is 0. The summed E-state index contributed by atoms with van der Waals surface area (Å²) < 4.78 is 55.5. The Labute approximate surface area is 125 Å². The van der Waals surface area contributed by atoms with Crippen LogP contribution in [0.5, 0.6) is 5.75 Å². The largest absolute Gasteiger partial charge is 0.495 e. The van der Waals surface area contributed by atoms with E-state index in [1.54, 1.807) is 0 Å². The number of nitrogen functional groups attached to an aromatic ring is 1. The zero-order valence-electron chi connectivity index (χ0n) is 12.0. The van der Waals surface area contributed by atoms with Gasteiger partial charge < -0.3 is 19.9 Å². The molecule has 0 radical (unpaired) electrons. The molecule has 1 aromatic carbocycles. The molecule has 2 heterocycles. The Balaban J connectivity index is 1.89. The molecule has 0 bridgehead atoms. The van der Waals surface area contributed by atoms with E-state index in [1.807, 2.05) is 4.90 Å². The number of hydrogen-bond acceptors (Lipinski definition) is 5. The number of anilines is 1. The maximum atomic E-state index is 13.2. The fourth-order valence-corrected chi connectivity index (χ4v) is 2.71. The highest BCUT2D eigenvalue weighted by Crippen LogP contribution is 2.48. The van der Waals surface area contributed by atoms with Gasteiger partial charge >= 0.3 is 6.18 Å². The Kier molecular flexibility index (Phi) is 3.92. The van der Waals surface area contributed by atoms with Crippen molar-refractivity contribution in [2.75, 3.05) is 39.1 Å². The average molecular weight is 318 g/mol. The lowest BCUT2D eigenvalue weighted by Crippen LogP contribution is -2.38. The first-order valence-electron chi connectivity index (χ1n) is 6.93. The first kappa shape index (κ1) is 15.4. The number of ether oxygens (including phenoxy) is 3. The fourth-order valence-electron chi connectivity index (χ4n) is 2.71. The predicted octanol–water partition coefficient (Wildman–Crippen LogP) is 2.03. The van der Waals surface area contributed by atoms with Crippen molar-refractivity contribution in [2.24, 2.45) is 0 Å². The lowest BCUT2D eigenvalue weighted by molar-refractivity contribution is -0.138. The molecule has 2 fully saturated rings. The van der Waals surface area contributed by atoms with Gasteiger partial charge in [0.15, 0.2) is 0 Å². The summed E-state index contributed by atoms with van der Waals surface area (Å²) in [7, 11) is 1.37. The van der Waals surface area contributed by atoms with Gasteiger partial charge in [-0.2, -0.15) is 13.2 Å². The van der Waals surface area contributed by atoms with Gasteiger partial charge in [-0.05, 0) is 12.1 Å². The molecule has 2 aliphatic heterocycles. The summed E-state index contributed by atoms with van der Waals surface area (Å²) in [6.07, 6.45) is -5.46. The van der Waals surface area contributed by atoms with E-state index in [9.17, 15) is 13.2 Å². The van der Waals surface area contributed by atoms with Crippen molar-refractivity contribution >= 4 is 5.69 Å². The molecular formula is C14H17F3N2O3. The van der Waals surface area contributed by atoms with Crippen LogP contribution in [-0.2, 0) is 15.7 Å². The van der Waals surface area contributed by atoms with Crippen molar-refractivity contribution < 1.29 is 27.4 Å². The summed E-state index contributed by atoms with van der Waals surface area (Å²) in [6.45, 7) is 2.41. The van der Waals surface area contributed by atoms with Crippen LogP contribution >= 0.6 is 0 Å². The monoisotopic (exact) mass is 318 g/mol. The SMILES string of the molecule is COc1cc(C2OC2N2CCOCC2)c(C(F)(F)F)cc1N. The molecule has 2 saturated heterocycles. The Bertz CT molecular complexity index is 559. The predicted molar refractivity (Wildman–Crippen MR) is 72.4 cm³/mol. The number of alkyl halides is 3. The van der Waals surface area contributed by atoms with E-state index >= 15 is 0 Å². The van der Waals surface area contributed by atoms with E-state index in [0.29, 0.717) is 26.3 Å². The van der Waals surface area contributed by atoms with Gasteiger partial charge in [-0.25, -0.2) is 0 Å². The second-order valence-corrected chi connectivity index (χ2v) is 5.27. The van der Waals surface area contributed by atoms with Gasteiger partial charge in [-0.3, -0.25) is 4.90 Å². The van der Waals surface area contributed by atoms with Crippen LogP contribution < -0.4 is 10.5 Å². The topological polar surface area (TPSA) is 60.2 Å². The summed E-state index contributed by atoms with van der Waals surface area (Å²) >= 11 is 0. The summed E-state index contributed by atoms with van der Waals surface area (Å²) in [5.41, 5.74) is 4.86. The molecule has 8 heteroatoms. The van der Waals surface area contributed by atoms with E-state index < -0.39 is 17.8 Å². The highest BCUT2D eigenvalue weighted by atomic mass is 19.4. The molecule has 0 saturated carbocycles. The van der Waals surface area contributed by atoms with Gasteiger partial charge in [0.1, 0.15) is 18.1 Å². The van der Waals surface area contributed by atoms with E-state index in [-0.39, 0.29) is 23.2 Å². The number of nitrogens with zero attached hydrogens (tertiary/aromatic N) is 1. The third-order valence-corrected chi connectivity index (χ3v) is 3.89. The molecule has 0 aliphatic carbocycles. The molecule has 0 amide bonds. The average Bonchev–Trinajstić information content (AvgIpc) is 3.27. The van der Waals surface area contributed by atoms with Crippen molar-refractivity contribution in [3.63, 3.8) is 0 Å². The number of halogens is 3. The van der Waals surface area contributed by atoms with Crippen molar-refractivity contribution in [1.29, 1.82) is 0 Å². The summed E-state index contributed by atoms with van der Waals surface area (Å²) in [4.78, 5) is 1.98. The zero-order valence-corrected chi connectivity index (χ0v) is 12.0. The van der Waals surface area contributed by atoms with Gasteiger partial charge in [0.05, 0.1) is 31.6 Å². The number of benzene rings is 1. The number of morpholine rings is 1. The molecule has 5 nitrogen and oxygen atoms in total. The Morgan fingerprint density at radius 1 is 1.27 bits per heavy atom. The van der Waals surface area contributed by atoms with Crippen LogP contribution in [0.15, 0.2) is 12.1 Å². The third kappa shape index (κ3) is 2.86. The Morgan fingerprint density at radius 2 is 1.95 bits per heavy atom. The summed E-state index contributed by atoms with van der Waals surface area (Å²) in [5.74, 6) is 0.222. The highest BCUT2D eigenvalue weighted by Gasteiger charge is 2.49. The third-order valence-electron chi connectivity index (χ3n) is 3.89. The first-order chi connectivity index (χ1) is 10.4. The van der Waals surface area contributed by atoms with Crippen LogP contribution in [0.2, 0.25) is 0 Å². The number of methoxy groups -OCH3 is 1. The van der Waals surface area contributed by atoms with Gasteiger partial charge in [0, 0.05) is 18.7 Å². The fraction of sp³-hybridized carbons (Fsp3) is 0.571. The quantitative estimate of drug-likeness (QED) is 0.682. The van der Waals surface area contributed by atoms with Crippen LogP contribution in [-0.4, -0.2) is 44.5 Å². The molecule has 1 aromatic rings. The van der Waals surface area contributed by atoms with Gasteiger partial charge in [-0.15, -0.1) is 0 Å². The molecule has 2 N–H and O–H groups in total. The molecule has 0 aromatic heterocycles. The standard InChI is InChI=1S/C14H17F3N2O3/c1-20-11-6-8(9(7-10(11)18)14(15,16)17)12-13(22-12)19-2-4-21-5-3-19/h6-7,12-13H,2-5,18H2,1H3. The normalized spacial score (nSPS) is 26.0. The summed E-state index contributed by atoms with van der Waals surface area (Å²) in [6, 6.07) is 2.23. The molecular weight excluding hydrogens is 301 g/mol. The van der Waals surface area contributed by atoms with Crippen LogP contribution in [0.1, 0.15) is 17.2 Å². The minimum absolute atomic E-state index is 0.0397. The molecule has 22 heavy (non-hydrogen) atoms. The van der Waals surface area contributed by atoms with Crippen molar-refractivity contribution in [1.82, 2.24) is 4.90 Å². The van der Waals surface area contributed by atoms with Gasteiger partial charge in [0.25, 0.3) is 0 Å². The van der Waals surface area contributed by atoms with Crippen LogP contribution in [0.3, 0.4) is 0 Å². The van der Waals surface area contributed by atoms with Crippen LogP contribution in [0.25, 0.3) is 0 Å². The first-order valence-corrected chi connectivity index (χ1v) is 6.93.